The van der Waals surface area contributed by atoms with Crippen LogP contribution in [0.1, 0.15) is 48.9 Å². The summed E-state index contributed by atoms with van der Waals surface area (Å²) in [6, 6.07) is 8.25. The molecule has 3 heterocycles. The largest absolute Gasteiger partial charge is 0.348 e. The first kappa shape index (κ1) is 15.6. The topological polar surface area (TPSA) is 52.7 Å². The molecule has 1 aromatic rings. The standard InChI is InChI=1S/C19H25N3O2/c23-18-8-4-11-22(18)15-6-3-5-14(13-15)19(24)20-16-9-12-21-10-2-1-7-17(16)21/h3,5-6,13,16-17H,1-2,4,7-12H2,(H,20,24)/t16-,17+/m0/s1. The van der Waals surface area contributed by atoms with Crippen LogP contribution in [0.5, 0.6) is 0 Å². The van der Waals surface area contributed by atoms with E-state index in [2.05, 4.69) is 10.2 Å². The zero-order chi connectivity index (χ0) is 16.5. The SMILES string of the molecule is O=C(N[C@H]1CCN2CCCC[C@H]12)c1cccc(N2CCCC2=O)c1. The van der Waals surface area contributed by atoms with Crippen molar-refractivity contribution in [3.63, 3.8) is 0 Å². The van der Waals surface area contributed by atoms with Gasteiger partial charge in [0, 0.05) is 42.8 Å². The molecule has 0 aromatic heterocycles. The van der Waals surface area contributed by atoms with Crippen molar-refractivity contribution in [1.29, 1.82) is 0 Å². The van der Waals surface area contributed by atoms with Crippen LogP contribution >= 0.6 is 0 Å². The minimum absolute atomic E-state index is 0.0130. The first-order chi connectivity index (χ1) is 11.7. The predicted molar refractivity (Wildman–Crippen MR) is 93.1 cm³/mol. The number of rotatable bonds is 3. The van der Waals surface area contributed by atoms with E-state index in [0.717, 1.165) is 31.6 Å². The van der Waals surface area contributed by atoms with Crippen LogP contribution in [0.25, 0.3) is 0 Å². The molecule has 3 aliphatic rings. The van der Waals surface area contributed by atoms with Gasteiger partial charge in [0.1, 0.15) is 0 Å². The second-order valence-electron chi connectivity index (χ2n) is 7.17. The number of fused-ring (bicyclic) bond motifs is 1. The highest BCUT2D eigenvalue weighted by Crippen LogP contribution is 2.28. The Hall–Kier alpha value is -1.88. The molecular formula is C19H25N3O2. The molecule has 0 spiro atoms. The molecule has 24 heavy (non-hydrogen) atoms. The normalized spacial score (nSPS) is 27.3. The Morgan fingerprint density at radius 2 is 2.00 bits per heavy atom. The molecule has 5 heteroatoms. The van der Waals surface area contributed by atoms with E-state index in [9.17, 15) is 9.59 Å². The number of anilines is 1. The third-order valence-electron chi connectivity index (χ3n) is 5.67. The van der Waals surface area contributed by atoms with Crippen molar-refractivity contribution in [3.8, 4) is 0 Å². The molecule has 0 unspecified atom stereocenters. The molecule has 128 valence electrons. The number of nitrogens with zero attached hydrogens (tertiary/aromatic N) is 2. The summed E-state index contributed by atoms with van der Waals surface area (Å²) in [4.78, 5) is 28.9. The quantitative estimate of drug-likeness (QED) is 0.926. The van der Waals surface area contributed by atoms with E-state index in [1.54, 1.807) is 4.90 Å². The maximum Gasteiger partial charge on any atom is 0.251 e. The molecule has 0 radical (unpaired) electrons. The number of hydrogen-bond acceptors (Lipinski definition) is 3. The van der Waals surface area contributed by atoms with Gasteiger partial charge < -0.3 is 10.2 Å². The Kier molecular flexibility index (Phi) is 4.27. The smallest absolute Gasteiger partial charge is 0.251 e. The van der Waals surface area contributed by atoms with Gasteiger partial charge in [-0.15, -0.1) is 0 Å². The van der Waals surface area contributed by atoms with Crippen LogP contribution < -0.4 is 10.2 Å². The molecule has 2 atom stereocenters. The van der Waals surface area contributed by atoms with Crippen LogP contribution in [0.3, 0.4) is 0 Å². The maximum absolute atomic E-state index is 12.7. The van der Waals surface area contributed by atoms with E-state index in [-0.39, 0.29) is 17.9 Å². The van der Waals surface area contributed by atoms with Crippen molar-refractivity contribution >= 4 is 17.5 Å². The third-order valence-corrected chi connectivity index (χ3v) is 5.67. The lowest BCUT2D eigenvalue weighted by Gasteiger charge is -2.32. The fourth-order valence-corrected chi connectivity index (χ4v) is 4.40. The first-order valence-electron chi connectivity index (χ1n) is 9.18. The molecule has 3 saturated heterocycles. The van der Waals surface area contributed by atoms with Crippen LogP contribution in [0, 0.1) is 0 Å². The van der Waals surface area contributed by atoms with Crippen LogP contribution in [-0.2, 0) is 4.79 Å². The molecule has 0 saturated carbocycles. The lowest BCUT2D eigenvalue weighted by Crippen LogP contribution is -2.46. The van der Waals surface area contributed by atoms with Gasteiger partial charge in [-0.3, -0.25) is 14.5 Å². The molecule has 4 rings (SSSR count). The van der Waals surface area contributed by atoms with Gasteiger partial charge in [-0.2, -0.15) is 0 Å². The molecule has 3 aliphatic heterocycles. The fourth-order valence-electron chi connectivity index (χ4n) is 4.40. The molecule has 2 amide bonds. The van der Waals surface area contributed by atoms with E-state index in [4.69, 9.17) is 0 Å². The first-order valence-corrected chi connectivity index (χ1v) is 9.18. The second kappa shape index (κ2) is 6.55. The average Bonchev–Trinajstić information content (AvgIpc) is 3.22. The van der Waals surface area contributed by atoms with Crippen molar-refractivity contribution < 1.29 is 9.59 Å². The summed E-state index contributed by atoms with van der Waals surface area (Å²) in [6.07, 6.45) is 6.28. The van der Waals surface area contributed by atoms with Crippen LogP contribution in [0.2, 0.25) is 0 Å². The van der Waals surface area contributed by atoms with E-state index in [1.807, 2.05) is 24.3 Å². The lowest BCUT2D eigenvalue weighted by atomic mass is 9.98. The highest BCUT2D eigenvalue weighted by atomic mass is 16.2. The summed E-state index contributed by atoms with van der Waals surface area (Å²) in [5.74, 6) is 0.141. The Balaban J connectivity index is 1.46. The minimum atomic E-state index is -0.0130. The van der Waals surface area contributed by atoms with E-state index in [0.29, 0.717) is 18.0 Å². The highest BCUT2D eigenvalue weighted by molar-refractivity contribution is 5.99. The molecule has 1 N–H and O–H groups in total. The number of nitrogens with one attached hydrogen (secondary N) is 1. The summed E-state index contributed by atoms with van der Waals surface area (Å²) in [5.41, 5.74) is 1.50. The Labute approximate surface area is 143 Å². The zero-order valence-corrected chi connectivity index (χ0v) is 14.0. The number of benzene rings is 1. The van der Waals surface area contributed by atoms with Crippen molar-refractivity contribution in [2.45, 2.75) is 50.6 Å². The summed E-state index contributed by atoms with van der Waals surface area (Å²) in [5, 5.41) is 3.24. The van der Waals surface area contributed by atoms with E-state index >= 15 is 0 Å². The van der Waals surface area contributed by atoms with Crippen LogP contribution in [0.4, 0.5) is 5.69 Å². The molecule has 1 aromatic carbocycles. The number of carbonyl (C=O) groups is 2. The minimum Gasteiger partial charge on any atom is -0.348 e. The van der Waals surface area contributed by atoms with Gasteiger partial charge in [0.2, 0.25) is 5.91 Å². The van der Waals surface area contributed by atoms with Gasteiger partial charge in [0.05, 0.1) is 0 Å². The number of piperidine rings is 1. The summed E-state index contributed by atoms with van der Waals surface area (Å²) in [6.45, 7) is 3.02. The van der Waals surface area contributed by atoms with Gasteiger partial charge in [-0.25, -0.2) is 0 Å². The van der Waals surface area contributed by atoms with Crippen LogP contribution in [-0.4, -0.2) is 48.4 Å². The van der Waals surface area contributed by atoms with Gasteiger partial charge in [0.15, 0.2) is 0 Å². The second-order valence-corrected chi connectivity index (χ2v) is 7.17. The Morgan fingerprint density at radius 3 is 2.83 bits per heavy atom. The lowest BCUT2D eigenvalue weighted by molar-refractivity contribution is -0.117. The zero-order valence-electron chi connectivity index (χ0n) is 14.0. The number of carbonyl (C=O) groups excluding carboxylic acids is 2. The monoisotopic (exact) mass is 327 g/mol. The maximum atomic E-state index is 12.7. The predicted octanol–water partition coefficient (Wildman–Crippen LogP) is 2.17. The van der Waals surface area contributed by atoms with Crippen LogP contribution in [0.15, 0.2) is 24.3 Å². The molecule has 0 aliphatic carbocycles. The average molecular weight is 327 g/mol. The third kappa shape index (κ3) is 2.93. The van der Waals surface area contributed by atoms with E-state index < -0.39 is 0 Å². The van der Waals surface area contributed by atoms with Crippen molar-refractivity contribution in [3.05, 3.63) is 29.8 Å². The van der Waals surface area contributed by atoms with Gasteiger partial charge in [-0.05, 0) is 50.4 Å². The Morgan fingerprint density at radius 1 is 1.08 bits per heavy atom. The summed E-state index contributed by atoms with van der Waals surface area (Å²) in [7, 11) is 0. The van der Waals surface area contributed by atoms with Crippen molar-refractivity contribution in [2.75, 3.05) is 24.5 Å². The van der Waals surface area contributed by atoms with Crippen molar-refractivity contribution in [2.24, 2.45) is 0 Å². The fraction of sp³-hybridized carbons (Fsp3) is 0.579. The van der Waals surface area contributed by atoms with Gasteiger partial charge in [-0.1, -0.05) is 12.5 Å². The molecule has 0 bridgehead atoms. The number of amides is 2. The number of hydrogen-bond donors (Lipinski definition) is 1. The highest BCUT2D eigenvalue weighted by Gasteiger charge is 2.36. The molecular weight excluding hydrogens is 302 g/mol. The van der Waals surface area contributed by atoms with Crippen molar-refractivity contribution in [1.82, 2.24) is 10.2 Å². The Bertz CT molecular complexity index is 645. The molecule has 5 nitrogen and oxygen atoms in total. The summed E-state index contributed by atoms with van der Waals surface area (Å²) >= 11 is 0. The molecule has 3 fully saturated rings. The summed E-state index contributed by atoms with van der Waals surface area (Å²) < 4.78 is 0. The van der Waals surface area contributed by atoms with Gasteiger partial charge >= 0.3 is 0 Å². The van der Waals surface area contributed by atoms with Gasteiger partial charge in [0.25, 0.3) is 5.91 Å². The van der Waals surface area contributed by atoms with E-state index in [1.165, 1.54) is 25.8 Å².